The van der Waals surface area contributed by atoms with Gasteiger partial charge in [-0.2, -0.15) is 25.0 Å². The van der Waals surface area contributed by atoms with Gasteiger partial charge >= 0.3 is 6.03 Å². The molecule has 10 N–H and O–H groups in total. The van der Waals surface area contributed by atoms with Gasteiger partial charge in [0, 0.05) is 37.3 Å². The molecule has 2 fully saturated rings. The van der Waals surface area contributed by atoms with Crippen LogP contribution in [-0.2, 0) is 16.6 Å². The minimum absolute atomic E-state index is 0.115. The van der Waals surface area contributed by atoms with Crippen LogP contribution in [-0.4, -0.2) is 112 Å². The number of aromatic hydroxyl groups is 2. The lowest BCUT2D eigenvalue weighted by Gasteiger charge is -2.22. The Morgan fingerprint density at radius 1 is 0.949 bits per heavy atom. The van der Waals surface area contributed by atoms with E-state index in [9.17, 15) is 38.7 Å². The quantitative estimate of drug-likeness (QED) is 0.0846. The molecule has 1 aliphatic carbocycles. The van der Waals surface area contributed by atoms with Crippen LogP contribution >= 0.6 is 0 Å². The maximum absolute atomic E-state index is 13.0. The number of nitrogens with two attached hydrogens (primary N) is 1. The van der Waals surface area contributed by atoms with Crippen molar-refractivity contribution in [3.05, 3.63) is 102 Å². The number of carbonyl (C=O) groups excluding carboxylic acids is 1. The lowest BCUT2D eigenvalue weighted by molar-refractivity contribution is 0.00491. The molecule has 2 amide bonds. The van der Waals surface area contributed by atoms with Crippen LogP contribution < -0.4 is 26.0 Å². The minimum Gasteiger partial charge on any atom is -0.508 e. The molecule has 6 aromatic rings. The van der Waals surface area contributed by atoms with Crippen LogP contribution in [0.15, 0.2) is 90.2 Å². The Hall–Kier alpha value is -6.39. The maximum Gasteiger partial charge on any atom is 0.319 e. The molecule has 3 aromatic heterocycles. The summed E-state index contributed by atoms with van der Waals surface area (Å²) in [6, 6.07) is 17.0. The number of primary sulfonamides is 1. The van der Waals surface area contributed by atoms with E-state index in [0.717, 1.165) is 11.1 Å². The van der Waals surface area contributed by atoms with E-state index in [-0.39, 0.29) is 47.1 Å². The molecule has 2 aliphatic rings. The van der Waals surface area contributed by atoms with Gasteiger partial charge in [0.2, 0.25) is 16.0 Å². The topological polar surface area (TPSA) is 292 Å². The number of aliphatic hydroxyl groups is 3. The molecular weight excluding hydrogens is 785 g/mol. The molecule has 0 radical (unpaired) electrons. The number of amides is 2. The van der Waals surface area contributed by atoms with Gasteiger partial charge in [0.25, 0.3) is 0 Å². The second-order valence-corrected chi connectivity index (χ2v) is 16.1. The van der Waals surface area contributed by atoms with E-state index in [1.165, 1.54) is 35.5 Å². The molecule has 308 valence electrons. The van der Waals surface area contributed by atoms with Crippen molar-refractivity contribution in [3.63, 3.8) is 0 Å². The minimum atomic E-state index is -3.97. The Labute approximate surface area is 337 Å². The summed E-state index contributed by atoms with van der Waals surface area (Å²) >= 11 is 0. The van der Waals surface area contributed by atoms with Crippen LogP contribution in [0.5, 0.6) is 11.5 Å². The monoisotopic (exact) mass is 826 g/mol. The molecule has 0 spiro atoms. The molecule has 5 atom stereocenters. The number of benzene rings is 3. The van der Waals surface area contributed by atoms with Crippen molar-refractivity contribution in [2.24, 2.45) is 5.14 Å². The van der Waals surface area contributed by atoms with Crippen molar-refractivity contribution >= 4 is 44.7 Å². The molecule has 4 heterocycles. The number of aromatic nitrogens is 7. The van der Waals surface area contributed by atoms with Gasteiger partial charge in [-0.05, 0) is 66.4 Å². The lowest BCUT2D eigenvalue weighted by Crippen LogP contribution is -2.40. The molecule has 1 saturated heterocycles. The summed E-state index contributed by atoms with van der Waals surface area (Å²) in [5.74, 6) is 0.647. The number of hydrogen-bond donors (Lipinski definition) is 9. The summed E-state index contributed by atoms with van der Waals surface area (Å²) in [6.07, 6.45) is 1.17. The predicted molar refractivity (Wildman–Crippen MR) is 213 cm³/mol. The zero-order valence-corrected chi connectivity index (χ0v) is 32.1. The summed E-state index contributed by atoms with van der Waals surface area (Å²) in [6.45, 7) is 0.747. The average Bonchev–Trinajstić information content (AvgIpc) is 4.03. The Kier molecular flexibility index (Phi) is 10.8. The maximum atomic E-state index is 13.0. The third-order valence-corrected chi connectivity index (χ3v) is 11.6. The summed E-state index contributed by atoms with van der Waals surface area (Å²) in [5.41, 5.74) is 3.09. The number of carbonyl (C=O) groups is 1. The van der Waals surface area contributed by atoms with Crippen LogP contribution in [0.2, 0.25) is 0 Å². The first-order valence-electron chi connectivity index (χ1n) is 18.7. The zero-order valence-electron chi connectivity index (χ0n) is 31.3. The number of nitrogens with zero attached hydrogens (tertiary/aromatic N) is 8. The average molecular weight is 827 g/mol. The normalized spacial score (nSPS) is 20.7. The number of phenols is 2. The highest BCUT2D eigenvalue weighted by Gasteiger charge is 2.45. The number of nitrogens with one attached hydrogen (secondary N) is 3. The number of rotatable bonds is 12. The van der Waals surface area contributed by atoms with Crippen LogP contribution in [0, 0.1) is 0 Å². The molecule has 1 aliphatic heterocycles. The van der Waals surface area contributed by atoms with E-state index in [1.54, 1.807) is 34.9 Å². The first-order chi connectivity index (χ1) is 28.3. The molecule has 3 aromatic carbocycles. The number of urea groups is 1. The van der Waals surface area contributed by atoms with Gasteiger partial charge in [0.15, 0.2) is 17.0 Å². The molecule has 20 nitrogen and oxygen atoms in total. The number of imidazole rings is 1. The highest BCUT2D eigenvalue weighted by Crippen LogP contribution is 2.40. The molecule has 0 bridgehead atoms. The van der Waals surface area contributed by atoms with E-state index in [2.05, 4.69) is 31.1 Å². The van der Waals surface area contributed by atoms with Crippen molar-refractivity contribution in [2.45, 2.75) is 60.6 Å². The van der Waals surface area contributed by atoms with Crippen LogP contribution in [0.3, 0.4) is 0 Å². The third kappa shape index (κ3) is 8.31. The van der Waals surface area contributed by atoms with Crippen LogP contribution in [0.1, 0.15) is 47.7 Å². The Morgan fingerprint density at radius 2 is 1.64 bits per heavy atom. The second-order valence-electron chi connectivity index (χ2n) is 14.6. The molecule has 8 rings (SSSR count). The number of phenolic OH excluding ortho intramolecular Hbond substituents is 2. The number of aliphatic hydroxyl groups excluding tert-OH is 3. The molecule has 59 heavy (non-hydrogen) atoms. The van der Waals surface area contributed by atoms with Gasteiger partial charge in [0.05, 0.1) is 30.1 Å². The largest absolute Gasteiger partial charge is 0.508 e. The van der Waals surface area contributed by atoms with Gasteiger partial charge in [-0.15, -0.1) is 0 Å². The highest BCUT2D eigenvalue weighted by atomic mass is 32.2. The van der Waals surface area contributed by atoms with Gasteiger partial charge in [0.1, 0.15) is 35.4 Å². The number of hydrogen-bond acceptors (Lipinski definition) is 15. The van der Waals surface area contributed by atoms with Gasteiger partial charge in [-0.1, -0.05) is 30.3 Å². The SMILES string of the molecule is NS(=O)(=O)c1cccc(NC(=O)NC2CCN(c3nc(NCC(c4ccc(O)cc4)c4ccc(O)cc4)c4ncn([C@@H]5C[C@H](n6ncc(CO)n6)[C@@H](O)[C@H]5O)c4n3)C2)c1. The standard InChI is InChI=1S/C38H42N12O8S/c39-59(57,58)28-3-1-2-23(14-28)43-38(56)44-24-12-13-48(18-24)37-45-35(40-17-29(21-4-8-26(52)9-5-21)22-6-10-27(53)11-7-22)32-36(46-37)49(20-41-32)30-15-31(34(55)33(30)54)50-42-16-25(19-51)47-50/h1-11,14,16,20,24,29-31,33-34,51-55H,12-13,15,17-19H2,(H2,39,57,58)(H,40,45,46)(H2,43,44,56)/t24?,30-,31+,33+,34-/m1/s1. The van der Waals surface area contributed by atoms with Crippen molar-refractivity contribution in [1.29, 1.82) is 0 Å². The van der Waals surface area contributed by atoms with Crippen LogP contribution in [0.25, 0.3) is 11.2 Å². The fraction of sp³-hybridized carbons (Fsp3) is 0.316. The molecular formula is C38H42N12O8S. The first-order valence-corrected chi connectivity index (χ1v) is 20.3. The predicted octanol–water partition coefficient (Wildman–Crippen LogP) is 1.52. The van der Waals surface area contributed by atoms with Crippen molar-refractivity contribution in [1.82, 2.24) is 39.8 Å². The summed E-state index contributed by atoms with van der Waals surface area (Å²) in [4.78, 5) is 30.6. The third-order valence-electron chi connectivity index (χ3n) is 10.7. The smallest absolute Gasteiger partial charge is 0.319 e. The summed E-state index contributed by atoms with van der Waals surface area (Å²) in [5, 5.41) is 74.8. The van der Waals surface area contributed by atoms with Crippen LogP contribution in [0.4, 0.5) is 22.2 Å². The molecule has 1 saturated carbocycles. The van der Waals surface area contributed by atoms with E-state index in [1.807, 2.05) is 29.2 Å². The second kappa shape index (κ2) is 16.1. The van der Waals surface area contributed by atoms with Gasteiger partial charge in [-0.25, -0.2) is 23.3 Å². The fourth-order valence-corrected chi connectivity index (χ4v) is 8.21. The Morgan fingerprint density at radius 3 is 2.31 bits per heavy atom. The fourth-order valence-electron chi connectivity index (χ4n) is 7.65. The number of anilines is 3. The van der Waals surface area contributed by atoms with Crippen molar-refractivity contribution in [3.8, 4) is 11.5 Å². The van der Waals surface area contributed by atoms with E-state index in [4.69, 9.17) is 15.1 Å². The van der Waals surface area contributed by atoms with Gasteiger partial charge in [-0.3, -0.25) is 0 Å². The molecule has 21 heteroatoms. The lowest BCUT2D eigenvalue weighted by atomic mass is 9.91. The number of sulfonamides is 1. The highest BCUT2D eigenvalue weighted by molar-refractivity contribution is 7.89. The molecule has 1 unspecified atom stereocenters. The summed E-state index contributed by atoms with van der Waals surface area (Å²) < 4.78 is 25.3. The zero-order chi connectivity index (χ0) is 41.4. The Balaban J connectivity index is 1.09. The number of fused-ring (bicyclic) bond motifs is 1. The van der Waals surface area contributed by atoms with Crippen molar-refractivity contribution in [2.75, 3.05) is 35.2 Å². The van der Waals surface area contributed by atoms with Gasteiger partial charge < -0.3 is 51.0 Å². The van der Waals surface area contributed by atoms with E-state index < -0.39 is 40.3 Å². The van der Waals surface area contributed by atoms with E-state index in [0.29, 0.717) is 54.7 Å². The van der Waals surface area contributed by atoms with E-state index >= 15 is 0 Å². The Bertz CT molecular complexity index is 2520. The summed E-state index contributed by atoms with van der Waals surface area (Å²) in [7, 11) is -3.97. The van der Waals surface area contributed by atoms with Crippen molar-refractivity contribution < 1.29 is 38.7 Å². The first kappa shape index (κ1) is 39.4.